The molecule has 2 aromatic carbocycles. The molecule has 1 aliphatic carbocycles. The first-order valence-corrected chi connectivity index (χ1v) is 11.2. The molecular formula is C26H32O4. The maximum absolute atomic E-state index is 12.5. The lowest BCUT2D eigenvalue weighted by molar-refractivity contribution is -0.140. The maximum atomic E-state index is 12.5. The van der Waals surface area contributed by atoms with Crippen LogP contribution in [0.5, 0.6) is 11.5 Å². The third-order valence-electron chi connectivity index (χ3n) is 5.86. The number of rotatable bonds is 8. The van der Waals surface area contributed by atoms with Crippen LogP contribution in [0.3, 0.4) is 0 Å². The normalized spacial score (nSPS) is 18.6. The van der Waals surface area contributed by atoms with Gasteiger partial charge < -0.3 is 9.47 Å². The van der Waals surface area contributed by atoms with Crippen LogP contribution < -0.4 is 9.47 Å². The lowest BCUT2D eigenvalue weighted by Gasteiger charge is -2.26. The number of esters is 2. The van der Waals surface area contributed by atoms with Gasteiger partial charge in [-0.2, -0.15) is 0 Å². The quantitative estimate of drug-likeness (QED) is 0.376. The molecule has 0 atom stereocenters. The molecule has 1 fully saturated rings. The van der Waals surface area contributed by atoms with Gasteiger partial charge in [-0.1, -0.05) is 45.2 Å². The zero-order chi connectivity index (χ0) is 21.3. The molecule has 0 N–H and O–H groups in total. The van der Waals surface area contributed by atoms with Crippen molar-refractivity contribution in [1.82, 2.24) is 0 Å². The van der Waals surface area contributed by atoms with Gasteiger partial charge in [0.1, 0.15) is 11.5 Å². The summed E-state index contributed by atoms with van der Waals surface area (Å²) < 4.78 is 11.0. The first-order valence-electron chi connectivity index (χ1n) is 11.2. The number of benzene rings is 2. The van der Waals surface area contributed by atoms with Gasteiger partial charge in [-0.15, -0.1) is 0 Å². The monoisotopic (exact) mass is 408 g/mol. The van der Waals surface area contributed by atoms with Crippen molar-refractivity contribution in [2.75, 3.05) is 0 Å². The van der Waals surface area contributed by atoms with Gasteiger partial charge in [0.25, 0.3) is 0 Å². The molecule has 0 amide bonds. The smallest absolute Gasteiger partial charge is 0.343 e. The van der Waals surface area contributed by atoms with Crippen LogP contribution in [0.1, 0.15) is 74.7 Å². The zero-order valence-electron chi connectivity index (χ0n) is 18.1. The lowest BCUT2D eigenvalue weighted by atomic mass is 9.80. The first-order chi connectivity index (χ1) is 14.6. The highest BCUT2D eigenvalue weighted by atomic mass is 16.5. The molecule has 2 aromatic rings. The van der Waals surface area contributed by atoms with E-state index >= 15 is 0 Å². The SMILES string of the molecule is CCCc1ccc(OC(=O)c2ccc(OC(=O)C3CCC(CCC)CC3)cc2)cc1. The summed E-state index contributed by atoms with van der Waals surface area (Å²) in [5, 5.41) is 0. The van der Waals surface area contributed by atoms with E-state index in [0.717, 1.165) is 44.4 Å². The minimum atomic E-state index is -0.426. The van der Waals surface area contributed by atoms with Crippen LogP contribution in [-0.4, -0.2) is 11.9 Å². The van der Waals surface area contributed by atoms with Crippen LogP contribution in [-0.2, 0) is 11.2 Å². The Morgan fingerprint density at radius 3 is 2.00 bits per heavy atom. The molecule has 0 unspecified atom stereocenters. The number of carbonyl (C=O) groups excluding carboxylic acids is 2. The molecule has 0 heterocycles. The van der Waals surface area contributed by atoms with Crippen LogP contribution in [0.15, 0.2) is 48.5 Å². The van der Waals surface area contributed by atoms with Crippen LogP contribution in [0.4, 0.5) is 0 Å². The summed E-state index contributed by atoms with van der Waals surface area (Å²) in [5.41, 5.74) is 1.65. The largest absolute Gasteiger partial charge is 0.426 e. The molecule has 4 heteroatoms. The summed E-state index contributed by atoms with van der Waals surface area (Å²) >= 11 is 0. The van der Waals surface area contributed by atoms with Crippen LogP contribution in [0.2, 0.25) is 0 Å². The topological polar surface area (TPSA) is 52.6 Å². The Kier molecular flexibility index (Phi) is 8.06. The van der Waals surface area contributed by atoms with Crippen LogP contribution in [0, 0.1) is 11.8 Å². The van der Waals surface area contributed by atoms with Gasteiger partial charge in [-0.3, -0.25) is 4.79 Å². The molecule has 0 saturated heterocycles. The van der Waals surface area contributed by atoms with Crippen molar-refractivity contribution in [3.63, 3.8) is 0 Å². The Hall–Kier alpha value is -2.62. The van der Waals surface area contributed by atoms with Crippen molar-refractivity contribution in [2.24, 2.45) is 11.8 Å². The van der Waals surface area contributed by atoms with Crippen LogP contribution >= 0.6 is 0 Å². The second kappa shape index (κ2) is 11.0. The fourth-order valence-electron chi connectivity index (χ4n) is 4.13. The second-order valence-electron chi connectivity index (χ2n) is 8.24. The fraction of sp³-hybridized carbons (Fsp3) is 0.462. The fourth-order valence-corrected chi connectivity index (χ4v) is 4.13. The standard InChI is InChI=1S/C26H32O4/c1-3-5-19-7-11-21(12-8-19)25(27)30-24-17-13-22(14-18-24)26(28)29-23-15-9-20(6-4-2)10-16-23/h9-10,13-19,21H,3-8,11-12H2,1-2H3. The van der Waals surface area contributed by atoms with E-state index in [1.807, 2.05) is 24.3 Å². The molecule has 160 valence electrons. The summed E-state index contributed by atoms with van der Waals surface area (Å²) in [6.45, 7) is 4.34. The maximum Gasteiger partial charge on any atom is 0.343 e. The molecule has 0 aromatic heterocycles. The number of carbonyl (C=O) groups is 2. The van der Waals surface area contributed by atoms with Crippen LogP contribution in [0.25, 0.3) is 0 Å². The Bertz CT molecular complexity index is 815. The molecule has 0 spiro atoms. The number of ether oxygens (including phenoxy) is 2. The van der Waals surface area contributed by atoms with Crippen molar-refractivity contribution in [2.45, 2.75) is 65.2 Å². The van der Waals surface area contributed by atoms with E-state index in [9.17, 15) is 9.59 Å². The van der Waals surface area contributed by atoms with E-state index < -0.39 is 5.97 Å². The Labute approximate surface area is 179 Å². The van der Waals surface area contributed by atoms with E-state index in [1.54, 1.807) is 24.3 Å². The second-order valence-corrected chi connectivity index (χ2v) is 8.24. The van der Waals surface area contributed by atoms with E-state index in [1.165, 1.54) is 18.4 Å². The molecule has 0 aliphatic heterocycles. The van der Waals surface area contributed by atoms with E-state index in [4.69, 9.17) is 9.47 Å². The van der Waals surface area contributed by atoms with Crippen molar-refractivity contribution in [3.8, 4) is 11.5 Å². The highest BCUT2D eigenvalue weighted by molar-refractivity contribution is 5.91. The third-order valence-corrected chi connectivity index (χ3v) is 5.86. The van der Waals surface area contributed by atoms with Gasteiger partial charge in [0.15, 0.2) is 0 Å². The summed E-state index contributed by atoms with van der Waals surface area (Å²) in [6, 6.07) is 14.2. The van der Waals surface area contributed by atoms with Crippen molar-refractivity contribution >= 4 is 11.9 Å². The summed E-state index contributed by atoms with van der Waals surface area (Å²) in [5.74, 6) is 1.15. The summed E-state index contributed by atoms with van der Waals surface area (Å²) in [7, 11) is 0. The molecule has 1 saturated carbocycles. The number of aryl methyl sites for hydroxylation is 1. The number of hydrogen-bond donors (Lipinski definition) is 0. The van der Waals surface area contributed by atoms with E-state index in [-0.39, 0.29) is 11.9 Å². The molecule has 0 radical (unpaired) electrons. The van der Waals surface area contributed by atoms with Gasteiger partial charge in [-0.05, 0) is 80.0 Å². The van der Waals surface area contributed by atoms with E-state index in [2.05, 4.69) is 13.8 Å². The molecule has 30 heavy (non-hydrogen) atoms. The Morgan fingerprint density at radius 2 is 1.40 bits per heavy atom. The third kappa shape index (κ3) is 6.19. The minimum Gasteiger partial charge on any atom is -0.426 e. The highest BCUT2D eigenvalue weighted by Crippen LogP contribution is 2.32. The highest BCUT2D eigenvalue weighted by Gasteiger charge is 2.27. The van der Waals surface area contributed by atoms with Crippen molar-refractivity contribution < 1.29 is 19.1 Å². The van der Waals surface area contributed by atoms with Gasteiger partial charge in [0, 0.05) is 0 Å². The molecule has 3 rings (SSSR count). The first kappa shape index (κ1) is 22.1. The van der Waals surface area contributed by atoms with Crippen molar-refractivity contribution in [1.29, 1.82) is 0 Å². The van der Waals surface area contributed by atoms with E-state index in [0.29, 0.717) is 17.1 Å². The van der Waals surface area contributed by atoms with Gasteiger partial charge >= 0.3 is 11.9 Å². The minimum absolute atomic E-state index is 0.0153. The lowest BCUT2D eigenvalue weighted by Crippen LogP contribution is -2.25. The summed E-state index contributed by atoms with van der Waals surface area (Å²) in [6.07, 6.45) is 8.58. The average Bonchev–Trinajstić information content (AvgIpc) is 2.76. The predicted octanol–water partition coefficient (Wildman–Crippen LogP) is 6.37. The zero-order valence-corrected chi connectivity index (χ0v) is 18.1. The van der Waals surface area contributed by atoms with Gasteiger partial charge in [-0.25, -0.2) is 4.79 Å². The molecule has 4 nitrogen and oxygen atoms in total. The summed E-state index contributed by atoms with van der Waals surface area (Å²) in [4.78, 5) is 24.8. The molecule has 0 bridgehead atoms. The number of hydrogen-bond acceptors (Lipinski definition) is 4. The van der Waals surface area contributed by atoms with Gasteiger partial charge in [0.2, 0.25) is 0 Å². The van der Waals surface area contributed by atoms with Crippen molar-refractivity contribution in [3.05, 3.63) is 59.7 Å². The Morgan fingerprint density at radius 1 is 0.800 bits per heavy atom. The average molecular weight is 409 g/mol. The predicted molar refractivity (Wildman–Crippen MR) is 118 cm³/mol. The molecular weight excluding hydrogens is 376 g/mol. The molecule has 1 aliphatic rings. The van der Waals surface area contributed by atoms with Gasteiger partial charge in [0.05, 0.1) is 11.5 Å². The Balaban J connectivity index is 1.50.